The van der Waals surface area contributed by atoms with Gasteiger partial charge >= 0.3 is 0 Å². The summed E-state index contributed by atoms with van der Waals surface area (Å²) in [7, 11) is 0. The molecule has 0 radical (unpaired) electrons. The van der Waals surface area contributed by atoms with Gasteiger partial charge in [0.2, 0.25) is 0 Å². The van der Waals surface area contributed by atoms with E-state index in [0.717, 1.165) is 31.2 Å². The zero-order chi connectivity index (χ0) is 13.9. The molecule has 1 aliphatic rings. The van der Waals surface area contributed by atoms with E-state index in [1.54, 1.807) is 0 Å². The number of nitrogens with two attached hydrogens (primary N) is 1. The Morgan fingerprint density at radius 1 is 1.37 bits per heavy atom. The van der Waals surface area contributed by atoms with Crippen molar-refractivity contribution in [3.8, 4) is 5.75 Å². The van der Waals surface area contributed by atoms with E-state index in [1.165, 1.54) is 17.7 Å². The minimum Gasteiger partial charge on any atom is -0.493 e. The third-order valence-corrected chi connectivity index (χ3v) is 3.94. The van der Waals surface area contributed by atoms with Crippen molar-refractivity contribution in [2.45, 2.75) is 45.1 Å². The first-order chi connectivity index (χ1) is 9.08. The highest BCUT2D eigenvalue weighted by atomic mass is 19.1. The highest BCUT2D eigenvalue weighted by molar-refractivity contribution is 5.71. The molecule has 3 heteroatoms. The first-order valence-electron chi connectivity index (χ1n) is 6.98. The molecule has 2 N–H and O–H groups in total. The van der Waals surface area contributed by atoms with Crippen molar-refractivity contribution in [2.24, 2.45) is 5.73 Å². The summed E-state index contributed by atoms with van der Waals surface area (Å²) in [5.41, 5.74) is 8.43. The van der Waals surface area contributed by atoms with Gasteiger partial charge in [-0.1, -0.05) is 13.0 Å². The highest BCUT2D eigenvalue weighted by Crippen LogP contribution is 2.37. The van der Waals surface area contributed by atoms with Crippen LogP contribution in [0.3, 0.4) is 0 Å². The molecule has 0 bridgehead atoms. The van der Waals surface area contributed by atoms with Gasteiger partial charge in [0, 0.05) is 17.2 Å². The van der Waals surface area contributed by atoms with Crippen LogP contribution in [0.1, 0.15) is 45.1 Å². The lowest BCUT2D eigenvalue weighted by molar-refractivity contribution is 0.336. The van der Waals surface area contributed by atoms with Crippen molar-refractivity contribution in [3.63, 3.8) is 0 Å². The van der Waals surface area contributed by atoms with Crippen molar-refractivity contribution < 1.29 is 9.13 Å². The predicted molar refractivity (Wildman–Crippen MR) is 76.6 cm³/mol. The Kier molecular flexibility index (Phi) is 4.25. The van der Waals surface area contributed by atoms with Crippen LogP contribution >= 0.6 is 0 Å². The number of rotatable bonds is 4. The molecule has 1 aromatic carbocycles. The summed E-state index contributed by atoms with van der Waals surface area (Å²) >= 11 is 0. The number of hydrogen-bond donors (Lipinski definition) is 1. The fourth-order valence-corrected chi connectivity index (χ4v) is 2.52. The molecule has 2 rings (SSSR count). The van der Waals surface area contributed by atoms with Gasteiger partial charge in [-0.15, -0.1) is 0 Å². The lowest BCUT2D eigenvalue weighted by Crippen LogP contribution is -2.40. The molecule has 104 valence electrons. The highest BCUT2D eigenvalue weighted by Gasteiger charge is 2.26. The maximum Gasteiger partial charge on any atom is 0.129 e. The van der Waals surface area contributed by atoms with Crippen LogP contribution in [-0.4, -0.2) is 12.1 Å². The summed E-state index contributed by atoms with van der Waals surface area (Å²) in [4.78, 5) is 0. The lowest BCUT2D eigenvalue weighted by Gasteiger charge is -2.32. The molecule has 19 heavy (non-hydrogen) atoms. The molecule has 0 saturated carbocycles. The largest absolute Gasteiger partial charge is 0.493 e. The Morgan fingerprint density at radius 3 is 2.74 bits per heavy atom. The number of benzene rings is 1. The minimum absolute atomic E-state index is 0.0741. The second-order valence-electron chi connectivity index (χ2n) is 5.22. The van der Waals surface area contributed by atoms with E-state index >= 15 is 0 Å². The number of halogens is 1. The Labute approximate surface area is 114 Å². The molecule has 0 aromatic heterocycles. The molecule has 0 fully saturated rings. The second kappa shape index (κ2) is 5.74. The molecule has 0 amide bonds. The van der Waals surface area contributed by atoms with E-state index in [2.05, 4.69) is 13.0 Å². The van der Waals surface area contributed by atoms with Crippen LogP contribution in [0.15, 0.2) is 24.3 Å². The molecule has 1 aromatic rings. The average Bonchev–Trinajstić information content (AvgIpc) is 2.41. The summed E-state index contributed by atoms with van der Waals surface area (Å²) in [5.74, 6) is 0.375. The van der Waals surface area contributed by atoms with E-state index in [-0.39, 0.29) is 11.4 Å². The van der Waals surface area contributed by atoms with Crippen molar-refractivity contribution in [1.82, 2.24) is 0 Å². The summed E-state index contributed by atoms with van der Waals surface area (Å²) in [5, 5.41) is 0. The molecule has 0 heterocycles. The van der Waals surface area contributed by atoms with Gasteiger partial charge in [-0.3, -0.25) is 0 Å². The van der Waals surface area contributed by atoms with Gasteiger partial charge < -0.3 is 10.5 Å². The fourth-order valence-electron chi connectivity index (χ4n) is 2.52. The molecular weight excluding hydrogens is 241 g/mol. The maximum atomic E-state index is 13.3. The molecule has 0 spiro atoms. The van der Waals surface area contributed by atoms with Crippen LogP contribution in [0.4, 0.5) is 4.39 Å². The monoisotopic (exact) mass is 263 g/mol. The van der Waals surface area contributed by atoms with Gasteiger partial charge in [0.25, 0.3) is 0 Å². The Balaban J connectivity index is 2.28. The first-order valence-corrected chi connectivity index (χ1v) is 6.98. The fraction of sp³-hybridized carbons (Fsp3) is 0.500. The Bertz CT molecular complexity index is 484. The normalized spacial score (nSPS) is 23.1. The Morgan fingerprint density at radius 2 is 2.16 bits per heavy atom. The topological polar surface area (TPSA) is 35.2 Å². The molecule has 0 aliphatic heterocycles. The summed E-state index contributed by atoms with van der Waals surface area (Å²) in [6.07, 6.45) is 5.94. The molecule has 1 unspecified atom stereocenters. The van der Waals surface area contributed by atoms with E-state index in [1.807, 2.05) is 13.0 Å². The van der Waals surface area contributed by atoms with Crippen LogP contribution in [0.2, 0.25) is 0 Å². The number of hydrogen-bond acceptors (Lipinski definition) is 2. The first kappa shape index (κ1) is 14.1. The predicted octanol–water partition coefficient (Wildman–Crippen LogP) is 3.90. The molecule has 1 aliphatic carbocycles. The SMILES string of the molecule is CCOc1cc(F)ccc1C1=CCC(N)(CC)CC1. The van der Waals surface area contributed by atoms with Crippen LogP contribution in [0.5, 0.6) is 5.75 Å². The van der Waals surface area contributed by atoms with Gasteiger partial charge in [-0.2, -0.15) is 0 Å². The standard InChI is InChI=1S/C16H22FNO/c1-3-16(18)9-7-12(8-10-16)14-6-5-13(17)11-15(14)19-4-2/h5-7,11H,3-4,8-10,18H2,1-2H3. The van der Waals surface area contributed by atoms with E-state index < -0.39 is 0 Å². The third kappa shape index (κ3) is 3.16. The van der Waals surface area contributed by atoms with Gasteiger partial charge in [0.05, 0.1) is 6.61 Å². The van der Waals surface area contributed by atoms with Crippen LogP contribution in [-0.2, 0) is 0 Å². The van der Waals surface area contributed by atoms with Crippen molar-refractivity contribution in [2.75, 3.05) is 6.61 Å². The van der Waals surface area contributed by atoms with Crippen LogP contribution in [0, 0.1) is 5.82 Å². The summed E-state index contributed by atoms with van der Waals surface area (Å²) in [6.45, 7) is 4.58. The van der Waals surface area contributed by atoms with Crippen molar-refractivity contribution >= 4 is 5.57 Å². The maximum absolute atomic E-state index is 13.3. The zero-order valence-electron chi connectivity index (χ0n) is 11.7. The van der Waals surface area contributed by atoms with Crippen molar-refractivity contribution in [3.05, 3.63) is 35.7 Å². The summed E-state index contributed by atoms with van der Waals surface area (Å²) in [6, 6.07) is 4.76. The zero-order valence-corrected chi connectivity index (χ0v) is 11.7. The van der Waals surface area contributed by atoms with Crippen molar-refractivity contribution in [1.29, 1.82) is 0 Å². The number of allylic oxidation sites excluding steroid dienone is 1. The van der Waals surface area contributed by atoms with Gasteiger partial charge in [-0.25, -0.2) is 4.39 Å². The smallest absolute Gasteiger partial charge is 0.129 e. The molecule has 0 saturated heterocycles. The van der Waals surface area contributed by atoms with E-state index in [9.17, 15) is 4.39 Å². The average molecular weight is 263 g/mol. The second-order valence-corrected chi connectivity index (χ2v) is 5.22. The Hall–Kier alpha value is -1.35. The minimum atomic E-state index is -0.259. The molecule has 1 atom stereocenters. The van der Waals surface area contributed by atoms with Crippen LogP contribution in [0.25, 0.3) is 5.57 Å². The van der Waals surface area contributed by atoms with E-state index in [0.29, 0.717) is 12.4 Å². The molecule has 2 nitrogen and oxygen atoms in total. The number of ether oxygens (including phenoxy) is 1. The third-order valence-electron chi connectivity index (χ3n) is 3.94. The molecular formula is C16H22FNO. The van der Waals surface area contributed by atoms with Gasteiger partial charge in [-0.05, 0) is 50.3 Å². The lowest BCUT2D eigenvalue weighted by atomic mass is 9.79. The van der Waals surface area contributed by atoms with E-state index in [4.69, 9.17) is 10.5 Å². The van der Waals surface area contributed by atoms with Gasteiger partial charge in [0.1, 0.15) is 11.6 Å². The van der Waals surface area contributed by atoms with Crippen LogP contribution < -0.4 is 10.5 Å². The quantitative estimate of drug-likeness (QED) is 0.894. The van der Waals surface area contributed by atoms with Gasteiger partial charge in [0.15, 0.2) is 0 Å². The summed E-state index contributed by atoms with van der Waals surface area (Å²) < 4.78 is 18.8.